The van der Waals surface area contributed by atoms with Crippen molar-refractivity contribution >= 4 is 17.5 Å². The normalized spacial score (nSPS) is 14.6. The molecule has 0 saturated heterocycles. The Morgan fingerprint density at radius 2 is 2.35 bits per heavy atom. The highest BCUT2D eigenvalue weighted by atomic mass is 16.4. The van der Waals surface area contributed by atoms with Crippen LogP contribution in [0.5, 0.6) is 0 Å². The van der Waals surface area contributed by atoms with E-state index in [1.165, 1.54) is 19.0 Å². The van der Waals surface area contributed by atoms with E-state index in [4.69, 9.17) is 10.8 Å². The van der Waals surface area contributed by atoms with Crippen LogP contribution in [0.1, 0.15) is 30.1 Å². The number of aromatic nitrogens is 1. The van der Waals surface area contributed by atoms with E-state index in [-0.39, 0.29) is 11.3 Å². The molecule has 5 nitrogen and oxygen atoms in total. The van der Waals surface area contributed by atoms with Crippen molar-refractivity contribution in [3.8, 4) is 0 Å². The first-order valence-corrected chi connectivity index (χ1v) is 5.85. The molecule has 17 heavy (non-hydrogen) atoms. The predicted molar refractivity (Wildman–Crippen MR) is 66.2 cm³/mol. The van der Waals surface area contributed by atoms with Gasteiger partial charge in [-0.2, -0.15) is 0 Å². The maximum absolute atomic E-state index is 11.0. The fraction of sp³-hybridized carbons (Fsp3) is 0.500. The molecule has 0 spiro atoms. The number of carboxylic acid groups (broad SMARTS) is 1. The molecule has 0 aliphatic heterocycles. The molecular formula is C12H17N3O2. The highest BCUT2D eigenvalue weighted by Gasteiger charge is 2.24. The number of hydrogen-bond donors (Lipinski definition) is 2. The lowest BCUT2D eigenvalue weighted by Gasteiger charge is -2.22. The van der Waals surface area contributed by atoms with Crippen molar-refractivity contribution < 1.29 is 9.90 Å². The Hall–Kier alpha value is -1.78. The SMILES string of the molecule is CCN(CC1CC1)c1cc(C(=O)O)c(N)cn1. The maximum Gasteiger partial charge on any atom is 0.337 e. The summed E-state index contributed by atoms with van der Waals surface area (Å²) in [5.74, 6) is 0.433. The standard InChI is InChI=1S/C12H17N3O2/c1-2-15(7-8-3-4-8)11-5-9(12(16)17)10(13)6-14-11/h5-6,8H,2-4,7,13H2,1H3,(H,16,17). The van der Waals surface area contributed by atoms with Crippen LogP contribution in [-0.4, -0.2) is 29.1 Å². The van der Waals surface area contributed by atoms with Gasteiger partial charge >= 0.3 is 5.97 Å². The molecule has 1 aliphatic carbocycles. The molecule has 1 aromatic rings. The van der Waals surface area contributed by atoms with Crippen LogP contribution in [0.25, 0.3) is 0 Å². The number of pyridine rings is 1. The minimum absolute atomic E-state index is 0.129. The van der Waals surface area contributed by atoms with Gasteiger partial charge in [-0.15, -0.1) is 0 Å². The molecule has 0 unspecified atom stereocenters. The van der Waals surface area contributed by atoms with Crippen molar-refractivity contribution in [3.05, 3.63) is 17.8 Å². The van der Waals surface area contributed by atoms with Gasteiger partial charge in [-0.05, 0) is 31.7 Å². The summed E-state index contributed by atoms with van der Waals surface area (Å²) in [6.07, 6.45) is 3.95. The number of carboxylic acids is 1. The molecule has 2 rings (SSSR count). The van der Waals surface area contributed by atoms with Crippen molar-refractivity contribution in [2.75, 3.05) is 23.7 Å². The van der Waals surface area contributed by atoms with Gasteiger partial charge in [0.25, 0.3) is 0 Å². The van der Waals surface area contributed by atoms with Crippen LogP contribution in [0.2, 0.25) is 0 Å². The van der Waals surface area contributed by atoms with Gasteiger partial charge in [0.05, 0.1) is 17.4 Å². The summed E-state index contributed by atoms with van der Waals surface area (Å²) in [7, 11) is 0. The van der Waals surface area contributed by atoms with E-state index >= 15 is 0 Å². The van der Waals surface area contributed by atoms with Crippen molar-refractivity contribution in [2.45, 2.75) is 19.8 Å². The number of hydrogen-bond acceptors (Lipinski definition) is 4. The Labute approximate surface area is 100 Å². The monoisotopic (exact) mass is 235 g/mol. The van der Waals surface area contributed by atoms with E-state index in [2.05, 4.69) is 9.88 Å². The van der Waals surface area contributed by atoms with Crippen LogP contribution in [0, 0.1) is 5.92 Å². The van der Waals surface area contributed by atoms with Crippen LogP contribution in [-0.2, 0) is 0 Å². The van der Waals surface area contributed by atoms with Gasteiger partial charge in [0.15, 0.2) is 0 Å². The first-order chi connectivity index (χ1) is 8.11. The van der Waals surface area contributed by atoms with E-state index in [1.54, 1.807) is 6.07 Å². The lowest BCUT2D eigenvalue weighted by molar-refractivity contribution is 0.0698. The molecule has 1 aliphatic rings. The number of aromatic carboxylic acids is 1. The van der Waals surface area contributed by atoms with E-state index < -0.39 is 5.97 Å². The van der Waals surface area contributed by atoms with E-state index in [0.717, 1.165) is 19.0 Å². The molecule has 1 aromatic heterocycles. The van der Waals surface area contributed by atoms with E-state index in [1.807, 2.05) is 6.92 Å². The van der Waals surface area contributed by atoms with Crippen LogP contribution in [0.3, 0.4) is 0 Å². The Kier molecular flexibility index (Phi) is 3.17. The molecule has 0 atom stereocenters. The van der Waals surface area contributed by atoms with Gasteiger partial charge in [-0.3, -0.25) is 0 Å². The number of nitrogens with two attached hydrogens (primary N) is 1. The number of nitrogens with zero attached hydrogens (tertiary/aromatic N) is 2. The third-order valence-electron chi connectivity index (χ3n) is 3.03. The molecule has 0 aromatic carbocycles. The highest BCUT2D eigenvalue weighted by molar-refractivity contribution is 5.94. The minimum Gasteiger partial charge on any atom is -0.478 e. The molecule has 0 radical (unpaired) electrons. The van der Waals surface area contributed by atoms with Gasteiger partial charge in [-0.1, -0.05) is 0 Å². The second kappa shape index (κ2) is 4.61. The smallest absolute Gasteiger partial charge is 0.337 e. The van der Waals surface area contributed by atoms with Gasteiger partial charge in [0, 0.05) is 13.1 Å². The van der Waals surface area contributed by atoms with Crippen molar-refractivity contribution in [3.63, 3.8) is 0 Å². The first-order valence-electron chi connectivity index (χ1n) is 5.85. The second-order valence-corrected chi connectivity index (χ2v) is 4.42. The Morgan fingerprint density at radius 1 is 1.65 bits per heavy atom. The molecule has 92 valence electrons. The van der Waals surface area contributed by atoms with Crippen LogP contribution in [0.4, 0.5) is 11.5 Å². The summed E-state index contributed by atoms with van der Waals surface area (Å²) >= 11 is 0. The maximum atomic E-state index is 11.0. The van der Waals surface area contributed by atoms with E-state index in [9.17, 15) is 4.79 Å². The summed E-state index contributed by atoms with van der Waals surface area (Å²) in [5, 5.41) is 9.01. The van der Waals surface area contributed by atoms with Crippen molar-refractivity contribution in [1.29, 1.82) is 0 Å². The van der Waals surface area contributed by atoms with Gasteiger partial charge in [-0.25, -0.2) is 9.78 Å². The van der Waals surface area contributed by atoms with Crippen molar-refractivity contribution in [2.24, 2.45) is 5.92 Å². The fourth-order valence-corrected chi connectivity index (χ4v) is 1.81. The fourth-order valence-electron chi connectivity index (χ4n) is 1.81. The number of anilines is 2. The average Bonchev–Trinajstić information content (AvgIpc) is 3.10. The zero-order chi connectivity index (χ0) is 12.4. The van der Waals surface area contributed by atoms with Gasteiger partial charge < -0.3 is 15.7 Å². The lowest BCUT2D eigenvalue weighted by Crippen LogP contribution is -2.26. The highest BCUT2D eigenvalue weighted by Crippen LogP contribution is 2.31. The van der Waals surface area contributed by atoms with Crippen LogP contribution >= 0.6 is 0 Å². The van der Waals surface area contributed by atoms with Crippen LogP contribution < -0.4 is 10.6 Å². The molecule has 0 amide bonds. The van der Waals surface area contributed by atoms with E-state index in [0.29, 0.717) is 5.82 Å². The van der Waals surface area contributed by atoms with Gasteiger partial charge in [0.2, 0.25) is 0 Å². The summed E-state index contributed by atoms with van der Waals surface area (Å²) in [4.78, 5) is 17.3. The molecule has 3 N–H and O–H groups in total. The first kappa shape index (κ1) is 11.7. The number of rotatable bonds is 5. The largest absolute Gasteiger partial charge is 0.478 e. The molecule has 1 fully saturated rings. The Balaban J connectivity index is 2.23. The third kappa shape index (κ3) is 2.67. The predicted octanol–water partition coefficient (Wildman–Crippen LogP) is 1.60. The summed E-state index contributed by atoms with van der Waals surface area (Å²) in [6, 6.07) is 1.56. The summed E-state index contributed by atoms with van der Waals surface area (Å²) in [5.41, 5.74) is 5.92. The topological polar surface area (TPSA) is 79.5 Å². The van der Waals surface area contributed by atoms with Crippen molar-refractivity contribution in [1.82, 2.24) is 4.98 Å². The van der Waals surface area contributed by atoms with Crippen LogP contribution in [0.15, 0.2) is 12.3 Å². The van der Waals surface area contributed by atoms with Gasteiger partial charge in [0.1, 0.15) is 5.82 Å². The minimum atomic E-state index is -1.01. The zero-order valence-corrected chi connectivity index (χ0v) is 9.89. The lowest BCUT2D eigenvalue weighted by atomic mass is 10.2. The number of carbonyl (C=O) groups is 1. The Bertz CT molecular complexity index is 430. The molecule has 1 heterocycles. The summed E-state index contributed by atoms with van der Waals surface area (Å²) < 4.78 is 0. The average molecular weight is 235 g/mol. The summed E-state index contributed by atoms with van der Waals surface area (Å²) in [6.45, 7) is 3.82. The second-order valence-electron chi connectivity index (χ2n) is 4.42. The molecule has 5 heteroatoms. The molecular weight excluding hydrogens is 218 g/mol. The molecule has 0 bridgehead atoms. The number of nitrogen functional groups attached to an aromatic ring is 1. The Morgan fingerprint density at radius 3 is 2.88 bits per heavy atom. The quantitative estimate of drug-likeness (QED) is 0.810. The zero-order valence-electron chi connectivity index (χ0n) is 9.89. The third-order valence-corrected chi connectivity index (χ3v) is 3.03. The molecule has 1 saturated carbocycles.